The number of nitrogens with zero attached hydrogens (tertiary/aromatic N) is 5. The minimum absolute atomic E-state index is 0.253. The Morgan fingerprint density at radius 2 is 1.60 bits per heavy atom. The van der Waals surface area contributed by atoms with Gasteiger partial charge in [-0.05, 0) is 42.2 Å². The number of aromatic nitrogens is 3. The Labute approximate surface area is 262 Å². The first-order valence-electron chi connectivity index (χ1n) is 14.3. The smallest absolute Gasteiger partial charge is 0.222 e. The SMILES string of the molecule is O=C(CCCCSc1nnc(Cc2ccccc2)n1-c1ccc(Cl)c(Cl)c1)N1CCN(C/C=C/c2ccccc2)CC1. The summed E-state index contributed by atoms with van der Waals surface area (Å²) in [6.07, 6.45) is 7.36. The summed E-state index contributed by atoms with van der Waals surface area (Å²) in [4.78, 5) is 17.3. The van der Waals surface area contributed by atoms with E-state index in [1.54, 1.807) is 17.8 Å². The number of amides is 1. The van der Waals surface area contributed by atoms with E-state index in [2.05, 4.69) is 68.2 Å². The van der Waals surface area contributed by atoms with Gasteiger partial charge in [0.05, 0.1) is 15.7 Å². The molecule has 1 aromatic heterocycles. The molecular formula is C33H35Cl2N5OS. The zero-order chi connectivity index (χ0) is 29.1. The molecule has 218 valence electrons. The number of carbonyl (C=O) groups is 1. The zero-order valence-corrected chi connectivity index (χ0v) is 25.9. The monoisotopic (exact) mass is 619 g/mol. The molecule has 0 atom stereocenters. The topological polar surface area (TPSA) is 54.3 Å². The molecule has 3 aromatic carbocycles. The van der Waals surface area contributed by atoms with E-state index in [1.165, 1.54) is 5.56 Å². The lowest BCUT2D eigenvalue weighted by Crippen LogP contribution is -2.48. The van der Waals surface area contributed by atoms with Crippen molar-refractivity contribution in [3.05, 3.63) is 112 Å². The Bertz CT molecular complexity index is 1470. The third kappa shape index (κ3) is 8.48. The van der Waals surface area contributed by atoms with Gasteiger partial charge in [-0.15, -0.1) is 10.2 Å². The van der Waals surface area contributed by atoms with Crippen molar-refractivity contribution in [2.45, 2.75) is 30.8 Å². The van der Waals surface area contributed by atoms with Gasteiger partial charge in [-0.25, -0.2) is 0 Å². The van der Waals surface area contributed by atoms with E-state index >= 15 is 0 Å². The van der Waals surface area contributed by atoms with E-state index < -0.39 is 0 Å². The zero-order valence-electron chi connectivity index (χ0n) is 23.5. The second-order valence-electron chi connectivity index (χ2n) is 10.3. The maximum absolute atomic E-state index is 12.8. The highest BCUT2D eigenvalue weighted by molar-refractivity contribution is 7.99. The van der Waals surface area contributed by atoms with Crippen LogP contribution in [0.1, 0.15) is 36.2 Å². The van der Waals surface area contributed by atoms with Crippen molar-refractivity contribution in [1.82, 2.24) is 24.6 Å². The molecule has 0 spiro atoms. The van der Waals surface area contributed by atoms with Crippen molar-refractivity contribution in [3.8, 4) is 5.69 Å². The Balaban J connectivity index is 1.08. The van der Waals surface area contributed by atoms with Gasteiger partial charge in [0.2, 0.25) is 5.91 Å². The van der Waals surface area contributed by atoms with Gasteiger partial charge >= 0.3 is 0 Å². The largest absolute Gasteiger partial charge is 0.340 e. The molecule has 6 nitrogen and oxygen atoms in total. The van der Waals surface area contributed by atoms with Gasteiger partial charge in [-0.3, -0.25) is 14.3 Å². The molecule has 42 heavy (non-hydrogen) atoms. The number of piperazine rings is 1. The molecule has 1 amide bonds. The highest BCUT2D eigenvalue weighted by Crippen LogP contribution is 2.29. The van der Waals surface area contributed by atoms with Gasteiger partial charge in [-0.2, -0.15) is 0 Å². The molecule has 4 aromatic rings. The van der Waals surface area contributed by atoms with Gasteiger partial charge < -0.3 is 4.90 Å². The maximum Gasteiger partial charge on any atom is 0.222 e. The summed E-state index contributed by atoms with van der Waals surface area (Å²) in [5.74, 6) is 1.94. The molecule has 0 radical (unpaired) electrons. The fraction of sp³-hybridized carbons (Fsp3) is 0.303. The van der Waals surface area contributed by atoms with Crippen LogP contribution in [0.3, 0.4) is 0 Å². The maximum atomic E-state index is 12.8. The fourth-order valence-corrected chi connectivity index (χ4v) is 6.21. The summed E-state index contributed by atoms with van der Waals surface area (Å²) in [5, 5.41) is 10.8. The molecule has 1 aliphatic heterocycles. The van der Waals surface area contributed by atoms with Gasteiger partial charge in [0.25, 0.3) is 0 Å². The lowest BCUT2D eigenvalue weighted by molar-refractivity contribution is -0.132. The lowest BCUT2D eigenvalue weighted by Gasteiger charge is -2.34. The molecule has 0 unspecified atom stereocenters. The van der Waals surface area contributed by atoms with Crippen molar-refractivity contribution in [2.24, 2.45) is 0 Å². The summed E-state index contributed by atoms with van der Waals surface area (Å²) in [5.41, 5.74) is 3.25. The second-order valence-corrected chi connectivity index (χ2v) is 12.2. The van der Waals surface area contributed by atoms with Crippen LogP contribution in [0.2, 0.25) is 10.0 Å². The van der Waals surface area contributed by atoms with Crippen LogP contribution in [0.4, 0.5) is 0 Å². The van der Waals surface area contributed by atoms with E-state index in [-0.39, 0.29) is 5.91 Å². The van der Waals surface area contributed by atoms with E-state index in [9.17, 15) is 4.79 Å². The quantitative estimate of drug-likeness (QED) is 0.123. The Hall–Kier alpha value is -3.10. The van der Waals surface area contributed by atoms with Crippen LogP contribution in [0, 0.1) is 0 Å². The normalized spacial score (nSPS) is 14.1. The van der Waals surface area contributed by atoms with Crippen LogP contribution in [0.5, 0.6) is 0 Å². The first-order valence-corrected chi connectivity index (χ1v) is 16.1. The average Bonchev–Trinajstić information content (AvgIpc) is 3.41. The summed E-state index contributed by atoms with van der Waals surface area (Å²) in [6, 6.07) is 26.2. The Kier molecular flexibility index (Phi) is 11.1. The predicted octanol–water partition coefficient (Wildman–Crippen LogP) is 7.28. The molecule has 2 heterocycles. The minimum Gasteiger partial charge on any atom is -0.340 e. The number of hydrogen-bond donors (Lipinski definition) is 0. The number of hydrogen-bond acceptors (Lipinski definition) is 5. The van der Waals surface area contributed by atoms with E-state index in [0.29, 0.717) is 22.9 Å². The molecule has 0 bridgehead atoms. The average molecular weight is 621 g/mol. The van der Waals surface area contributed by atoms with Crippen LogP contribution in [0.15, 0.2) is 90.1 Å². The molecule has 0 N–H and O–H groups in total. The molecule has 9 heteroatoms. The van der Waals surface area contributed by atoms with Crippen molar-refractivity contribution in [1.29, 1.82) is 0 Å². The number of unbranched alkanes of at least 4 members (excludes halogenated alkanes) is 1. The summed E-state index contributed by atoms with van der Waals surface area (Å²) in [7, 11) is 0. The molecule has 5 rings (SSSR count). The third-order valence-electron chi connectivity index (χ3n) is 7.28. The van der Waals surface area contributed by atoms with Crippen molar-refractivity contribution >= 4 is 46.9 Å². The Morgan fingerprint density at radius 3 is 2.33 bits per heavy atom. The minimum atomic E-state index is 0.253. The lowest BCUT2D eigenvalue weighted by atomic mass is 10.1. The molecule has 1 saturated heterocycles. The van der Waals surface area contributed by atoms with Crippen LogP contribution in [0.25, 0.3) is 11.8 Å². The van der Waals surface area contributed by atoms with Crippen LogP contribution in [-0.4, -0.2) is 68.9 Å². The first-order chi connectivity index (χ1) is 20.6. The number of carbonyl (C=O) groups excluding carboxylic acids is 1. The van der Waals surface area contributed by atoms with Crippen LogP contribution >= 0.6 is 35.0 Å². The molecule has 1 aliphatic rings. The van der Waals surface area contributed by atoms with Crippen LogP contribution < -0.4 is 0 Å². The van der Waals surface area contributed by atoms with Gasteiger partial charge in [0.1, 0.15) is 5.82 Å². The Morgan fingerprint density at radius 1 is 0.857 bits per heavy atom. The first kappa shape index (κ1) is 30.4. The predicted molar refractivity (Wildman–Crippen MR) is 174 cm³/mol. The van der Waals surface area contributed by atoms with Crippen molar-refractivity contribution in [3.63, 3.8) is 0 Å². The third-order valence-corrected chi connectivity index (χ3v) is 9.04. The number of thioether (sulfide) groups is 1. The van der Waals surface area contributed by atoms with Crippen molar-refractivity contribution < 1.29 is 4.79 Å². The van der Waals surface area contributed by atoms with Gasteiger partial charge in [-0.1, -0.05) is 108 Å². The van der Waals surface area contributed by atoms with E-state index in [0.717, 1.165) is 73.5 Å². The van der Waals surface area contributed by atoms with Crippen molar-refractivity contribution in [2.75, 3.05) is 38.5 Å². The number of benzene rings is 3. The number of rotatable bonds is 12. The van der Waals surface area contributed by atoms with E-state index in [1.807, 2.05) is 41.3 Å². The second kappa shape index (κ2) is 15.4. The molecular weight excluding hydrogens is 585 g/mol. The number of halogens is 2. The highest BCUT2D eigenvalue weighted by Gasteiger charge is 2.20. The summed E-state index contributed by atoms with van der Waals surface area (Å²) >= 11 is 14.2. The molecule has 1 fully saturated rings. The van der Waals surface area contributed by atoms with Gasteiger partial charge in [0, 0.05) is 51.3 Å². The molecule has 0 saturated carbocycles. The highest BCUT2D eigenvalue weighted by atomic mass is 35.5. The van der Waals surface area contributed by atoms with Crippen LogP contribution in [-0.2, 0) is 11.2 Å². The van der Waals surface area contributed by atoms with E-state index in [4.69, 9.17) is 23.2 Å². The standard InChI is InChI=1S/C33H35Cl2N5OS/c34-29-17-16-28(25-30(29)35)40-31(24-27-12-5-2-6-13-27)36-37-33(40)42-23-8-7-15-32(41)39-21-19-38(20-22-39)18-9-14-26-10-3-1-4-11-26/h1-6,9-14,16-17,25H,7-8,15,18-24H2/b14-9+. The summed E-state index contributed by atoms with van der Waals surface area (Å²) in [6.45, 7) is 4.33. The van der Waals surface area contributed by atoms with Gasteiger partial charge in [0.15, 0.2) is 5.16 Å². The molecule has 0 aliphatic carbocycles. The summed E-state index contributed by atoms with van der Waals surface area (Å²) < 4.78 is 2.06. The fourth-order valence-electron chi connectivity index (χ4n) is 4.95.